The van der Waals surface area contributed by atoms with Gasteiger partial charge in [0.2, 0.25) is 7.28 Å². The van der Waals surface area contributed by atoms with E-state index in [0.29, 0.717) is 6.54 Å². The molecule has 81 valence electrons. The zero-order chi connectivity index (χ0) is 11.8. The Morgan fingerprint density at radius 1 is 1.50 bits per heavy atom. The number of nitrogens with zero attached hydrogens (tertiary/aromatic N) is 2. The van der Waals surface area contributed by atoms with E-state index in [2.05, 4.69) is 16.5 Å². The summed E-state index contributed by atoms with van der Waals surface area (Å²) >= 11 is 0. The molecule has 0 amide bonds. The molecule has 0 aliphatic carbocycles. The van der Waals surface area contributed by atoms with E-state index in [0.717, 1.165) is 16.8 Å². The van der Waals surface area contributed by atoms with Gasteiger partial charge in [-0.3, -0.25) is 4.98 Å². The summed E-state index contributed by atoms with van der Waals surface area (Å²) in [6.07, 6.45) is 9.27. The average molecular weight is 212 g/mol. The van der Waals surface area contributed by atoms with Crippen LogP contribution in [0.2, 0.25) is 0 Å². The van der Waals surface area contributed by atoms with Gasteiger partial charge in [0, 0.05) is 12.1 Å². The number of aromatic nitrogens is 2. The second-order valence-corrected chi connectivity index (χ2v) is 3.24. The smallest absolute Gasteiger partial charge is 0.216 e. The van der Waals surface area contributed by atoms with Gasteiger partial charge in [0.1, 0.15) is 6.33 Å². The summed E-state index contributed by atoms with van der Waals surface area (Å²) in [6.45, 7) is 6.30. The molecule has 0 bridgehead atoms. The summed E-state index contributed by atoms with van der Waals surface area (Å²) in [7, 11) is 1.89. The second kappa shape index (κ2) is 6.74. The zero-order valence-corrected chi connectivity index (χ0v) is 9.43. The third-order valence-corrected chi connectivity index (χ3v) is 1.90. The maximum atomic E-state index is 5.50. The predicted octanol–water partition coefficient (Wildman–Crippen LogP) is 0.911. The Hall–Kier alpha value is -1.68. The van der Waals surface area contributed by atoms with Crippen molar-refractivity contribution in [2.24, 2.45) is 5.73 Å². The van der Waals surface area contributed by atoms with Gasteiger partial charge in [-0.1, -0.05) is 29.8 Å². The first kappa shape index (κ1) is 12.4. The minimum absolute atomic E-state index is 0.421. The molecule has 0 saturated heterocycles. The molecule has 0 aliphatic rings. The molecule has 0 atom stereocenters. The zero-order valence-electron chi connectivity index (χ0n) is 9.43. The van der Waals surface area contributed by atoms with Crippen LogP contribution in [0.25, 0.3) is 0 Å². The average Bonchev–Trinajstić information content (AvgIpc) is 2.29. The summed E-state index contributed by atoms with van der Waals surface area (Å²) in [6, 6.07) is 1.86. The number of hydrogen-bond donors (Lipinski definition) is 1. The normalized spacial score (nSPS) is 11.1. The van der Waals surface area contributed by atoms with Crippen LogP contribution >= 0.6 is 0 Å². The van der Waals surface area contributed by atoms with Gasteiger partial charge in [-0.25, -0.2) is 4.98 Å². The van der Waals surface area contributed by atoms with Crippen LogP contribution in [0.1, 0.15) is 12.6 Å². The maximum Gasteiger partial charge on any atom is 0.216 e. The molecule has 3 nitrogen and oxygen atoms in total. The first-order valence-corrected chi connectivity index (χ1v) is 5.10. The van der Waals surface area contributed by atoms with Crippen molar-refractivity contribution < 1.29 is 0 Å². The van der Waals surface area contributed by atoms with Crippen LogP contribution < -0.4 is 11.3 Å². The predicted molar refractivity (Wildman–Crippen MR) is 68.4 cm³/mol. The maximum absolute atomic E-state index is 5.50. The third kappa shape index (κ3) is 4.23. The molecule has 4 heteroatoms. The van der Waals surface area contributed by atoms with E-state index in [1.165, 1.54) is 6.33 Å². The Labute approximate surface area is 97.0 Å². The summed E-state index contributed by atoms with van der Waals surface area (Å²) in [4.78, 5) is 8.15. The van der Waals surface area contributed by atoms with Crippen molar-refractivity contribution >= 4 is 12.9 Å². The van der Waals surface area contributed by atoms with Crippen LogP contribution in [0.4, 0.5) is 0 Å². The first-order valence-electron chi connectivity index (χ1n) is 5.10. The van der Waals surface area contributed by atoms with Crippen LogP contribution in [0.3, 0.4) is 0 Å². The van der Waals surface area contributed by atoms with Crippen molar-refractivity contribution in [3.8, 4) is 0 Å². The van der Waals surface area contributed by atoms with E-state index in [-0.39, 0.29) is 0 Å². The van der Waals surface area contributed by atoms with Gasteiger partial charge in [-0.15, -0.1) is 6.58 Å². The molecule has 0 fully saturated rings. The third-order valence-electron chi connectivity index (χ3n) is 1.90. The van der Waals surface area contributed by atoms with Crippen LogP contribution in [0, 0.1) is 0 Å². The van der Waals surface area contributed by atoms with Crippen molar-refractivity contribution in [1.29, 1.82) is 0 Å². The molecular weight excluding hydrogens is 197 g/mol. The second-order valence-electron chi connectivity index (χ2n) is 3.24. The molecule has 0 aliphatic heterocycles. The lowest BCUT2D eigenvalue weighted by molar-refractivity contribution is 0.972. The van der Waals surface area contributed by atoms with Crippen molar-refractivity contribution in [2.45, 2.75) is 13.5 Å². The van der Waals surface area contributed by atoms with Gasteiger partial charge >= 0.3 is 0 Å². The molecule has 0 aromatic carbocycles. The van der Waals surface area contributed by atoms with Crippen molar-refractivity contribution in [1.82, 2.24) is 9.97 Å². The van der Waals surface area contributed by atoms with Crippen LogP contribution in [0.5, 0.6) is 0 Å². The van der Waals surface area contributed by atoms with E-state index in [4.69, 9.17) is 5.73 Å². The highest BCUT2D eigenvalue weighted by atomic mass is 14.8. The Kier molecular flexibility index (Phi) is 5.22. The Morgan fingerprint density at radius 2 is 2.31 bits per heavy atom. The lowest BCUT2D eigenvalue weighted by atomic mass is 9.66. The highest BCUT2D eigenvalue weighted by Crippen LogP contribution is 1.92. The Balaban J connectivity index is 2.62. The van der Waals surface area contributed by atoms with Crippen molar-refractivity contribution in [3.63, 3.8) is 0 Å². The summed E-state index contributed by atoms with van der Waals surface area (Å²) < 4.78 is 0. The quantitative estimate of drug-likeness (QED) is 0.583. The highest BCUT2D eigenvalue weighted by molar-refractivity contribution is 6.60. The summed E-state index contributed by atoms with van der Waals surface area (Å²) in [5.74, 6) is 0. The Bertz CT molecular complexity index is 410. The number of nitrogens with two attached hydrogens (primary N) is 1. The number of hydrogen-bond acceptors (Lipinski definition) is 3. The van der Waals surface area contributed by atoms with E-state index in [9.17, 15) is 0 Å². The lowest BCUT2D eigenvalue weighted by Crippen LogP contribution is -2.21. The monoisotopic (exact) mass is 212 g/mol. The van der Waals surface area contributed by atoms with Gasteiger partial charge in [0.25, 0.3) is 0 Å². The van der Waals surface area contributed by atoms with E-state index in [1.54, 1.807) is 0 Å². The minimum Gasteiger partial charge on any atom is -0.325 e. The van der Waals surface area contributed by atoms with E-state index < -0.39 is 0 Å². The molecule has 0 saturated carbocycles. The fraction of sp³-hybridized carbons (Fsp3) is 0.167. The number of allylic oxidation sites excluding steroid dienone is 5. The lowest BCUT2D eigenvalue weighted by Gasteiger charge is -2.00. The van der Waals surface area contributed by atoms with Crippen LogP contribution in [-0.2, 0) is 6.54 Å². The molecular formula is C12H15BN3. The summed E-state index contributed by atoms with van der Waals surface area (Å²) in [5, 5.41) is 0. The van der Waals surface area contributed by atoms with E-state index in [1.807, 2.05) is 44.6 Å². The van der Waals surface area contributed by atoms with Gasteiger partial charge in [0.15, 0.2) is 0 Å². The van der Waals surface area contributed by atoms with Gasteiger partial charge in [0.05, 0.1) is 5.69 Å². The molecule has 1 aromatic heterocycles. The molecule has 1 rings (SSSR count). The topological polar surface area (TPSA) is 51.8 Å². The van der Waals surface area contributed by atoms with E-state index >= 15 is 0 Å². The highest BCUT2D eigenvalue weighted by Gasteiger charge is 2.00. The first-order chi connectivity index (χ1) is 7.76. The van der Waals surface area contributed by atoms with Gasteiger partial charge in [-0.2, -0.15) is 0 Å². The molecule has 0 spiro atoms. The van der Waals surface area contributed by atoms with Crippen LogP contribution in [-0.4, -0.2) is 17.2 Å². The molecule has 16 heavy (non-hydrogen) atoms. The molecule has 1 aromatic rings. The van der Waals surface area contributed by atoms with Gasteiger partial charge < -0.3 is 5.73 Å². The van der Waals surface area contributed by atoms with Crippen molar-refractivity contribution in [3.05, 3.63) is 54.4 Å². The van der Waals surface area contributed by atoms with Crippen LogP contribution in [0.15, 0.2) is 48.7 Å². The molecule has 0 unspecified atom stereocenters. The fourth-order valence-corrected chi connectivity index (χ4v) is 1.13. The fourth-order valence-electron chi connectivity index (χ4n) is 1.13. The molecule has 1 radical (unpaired) electrons. The molecule has 2 N–H and O–H groups in total. The summed E-state index contributed by atoms with van der Waals surface area (Å²) in [5.41, 5.74) is 8.04. The molecule has 1 heterocycles. The largest absolute Gasteiger partial charge is 0.325 e. The SMILES string of the molecule is C=C([B]c1cc(CN)ncn1)/C=C\C=C/C. The standard InChI is InChI=1S/C12H15BN3/c1-3-4-5-6-10(2)13-12-7-11(8-14)15-9-16-12/h3-7,9H,2,8,14H2,1H3/b4-3-,6-5-. The minimum atomic E-state index is 0.421. The number of rotatable bonds is 5. The van der Waals surface area contributed by atoms with Gasteiger partial charge in [-0.05, 0) is 13.0 Å². The Morgan fingerprint density at radius 3 is 3.00 bits per heavy atom. The van der Waals surface area contributed by atoms with Crippen molar-refractivity contribution in [2.75, 3.05) is 0 Å².